The second kappa shape index (κ2) is 4.47. The van der Waals surface area contributed by atoms with Gasteiger partial charge in [-0.1, -0.05) is 15.9 Å². The van der Waals surface area contributed by atoms with Gasteiger partial charge in [0.2, 0.25) is 11.8 Å². The highest BCUT2D eigenvalue weighted by atomic mass is 79.9. The maximum Gasteiger partial charge on any atom is 0.240 e. The number of carbonyl (C=O) groups excluding carboxylic acids is 2. The number of carbonyl (C=O) groups is 2. The number of rotatable bonds is 2. The van der Waals surface area contributed by atoms with Gasteiger partial charge in [0.05, 0.1) is 5.25 Å². The molecule has 1 aliphatic rings. The Morgan fingerprint density at radius 2 is 2.19 bits per heavy atom. The molecule has 0 spiro atoms. The molecule has 1 aromatic carbocycles. The third-order valence-corrected chi connectivity index (χ3v) is 3.94. The minimum absolute atomic E-state index is 0.218. The number of nitrogens with two attached hydrogens (primary N) is 1. The highest BCUT2D eigenvalue weighted by Gasteiger charge is 2.31. The number of nitrogen functional groups attached to an aromatic ring is 1. The first kappa shape index (κ1) is 11.5. The molecule has 0 saturated carbocycles. The van der Waals surface area contributed by atoms with Crippen LogP contribution in [0.1, 0.15) is 6.42 Å². The number of nitrogens with one attached hydrogen (secondary N) is 1. The Bertz CT molecular complexity index is 464. The Labute approximate surface area is 105 Å². The SMILES string of the molecule is Nc1ccc(Br)cc1SC1CC(=O)NC1=O. The largest absolute Gasteiger partial charge is 0.398 e. The van der Waals surface area contributed by atoms with Crippen LogP contribution in [-0.4, -0.2) is 17.1 Å². The number of amides is 2. The Balaban J connectivity index is 2.18. The van der Waals surface area contributed by atoms with E-state index in [0.717, 1.165) is 9.37 Å². The zero-order chi connectivity index (χ0) is 11.7. The van der Waals surface area contributed by atoms with Crippen LogP contribution in [0.25, 0.3) is 0 Å². The quantitative estimate of drug-likeness (QED) is 0.642. The monoisotopic (exact) mass is 300 g/mol. The van der Waals surface area contributed by atoms with Gasteiger partial charge in [-0.3, -0.25) is 14.9 Å². The summed E-state index contributed by atoms with van der Waals surface area (Å²) in [5.74, 6) is -0.467. The van der Waals surface area contributed by atoms with Crippen molar-refractivity contribution in [2.75, 3.05) is 5.73 Å². The van der Waals surface area contributed by atoms with Crippen LogP contribution in [0.15, 0.2) is 27.6 Å². The Morgan fingerprint density at radius 1 is 1.44 bits per heavy atom. The van der Waals surface area contributed by atoms with E-state index >= 15 is 0 Å². The van der Waals surface area contributed by atoms with E-state index in [1.807, 2.05) is 12.1 Å². The molecule has 1 saturated heterocycles. The van der Waals surface area contributed by atoms with Gasteiger partial charge in [-0.25, -0.2) is 0 Å². The highest BCUT2D eigenvalue weighted by Crippen LogP contribution is 2.33. The van der Waals surface area contributed by atoms with Gasteiger partial charge < -0.3 is 5.73 Å². The number of hydrogen-bond acceptors (Lipinski definition) is 4. The molecule has 0 radical (unpaired) electrons. The lowest BCUT2D eigenvalue weighted by Crippen LogP contribution is -2.23. The molecule has 84 valence electrons. The number of hydrogen-bond donors (Lipinski definition) is 2. The minimum atomic E-state index is -0.371. The maximum absolute atomic E-state index is 11.4. The third-order valence-electron chi connectivity index (χ3n) is 2.17. The first-order valence-electron chi connectivity index (χ1n) is 4.61. The van der Waals surface area contributed by atoms with Crippen molar-refractivity contribution in [2.24, 2.45) is 0 Å². The van der Waals surface area contributed by atoms with Crippen molar-refractivity contribution in [2.45, 2.75) is 16.6 Å². The van der Waals surface area contributed by atoms with Crippen molar-refractivity contribution in [1.29, 1.82) is 0 Å². The minimum Gasteiger partial charge on any atom is -0.398 e. The van der Waals surface area contributed by atoms with Crippen LogP contribution < -0.4 is 11.1 Å². The van der Waals surface area contributed by atoms with Gasteiger partial charge in [-0.2, -0.15) is 0 Å². The summed E-state index contributed by atoms with van der Waals surface area (Å²) >= 11 is 4.65. The molecule has 1 aromatic rings. The Hall–Kier alpha value is -1.01. The van der Waals surface area contributed by atoms with E-state index in [1.54, 1.807) is 6.07 Å². The number of benzene rings is 1. The molecule has 0 aromatic heterocycles. The average molecular weight is 301 g/mol. The van der Waals surface area contributed by atoms with E-state index in [2.05, 4.69) is 21.2 Å². The molecule has 1 heterocycles. The standard InChI is InChI=1S/C10H9BrN2O2S/c11-5-1-2-6(12)7(3-5)16-8-4-9(14)13-10(8)15/h1-3,8H,4,12H2,(H,13,14,15). The van der Waals surface area contributed by atoms with Crippen LogP contribution in [0.4, 0.5) is 5.69 Å². The summed E-state index contributed by atoms with van der Waals surface area (Å²) in [5, 5.41) is 1.90. The van der Waals surface area contributed by atoms with Crippen LogP contribution in [0.2, 0.25) is 0 Å². The summed E-state index contributed by atoms with van der Waals surface area (Å²) in [6, 6.07) is 5.44. The van der Waals surface area contributed by atoms with Gasteiger partial charge in [0.25, 0.3) is 0 Å². The molecule has 0 aliphatic carbocycles. The molecule has 0 bridgehead atoms. The zero-order valence-corrected chi connectivity index (χ0v) is 10.6. The summed E-state index contributed by atoms with van der Waals surface area (Å²) in [4.78, 5) is 23.2. The normalized spacial score (nSPS) is 19.9. The van der Waals surface area contributed by atoms with E-state index in [1.165, 1.54) is 11.8 Å². The fourth-order valence-corrected chi connectivity index (χ4v) is 3.01. The molecule has 16 heavy (non-hydrogen) atoms. The maximum atomic E-state index is 11.4. The summed E-state index contributed by atoms with van der Waals surface area (Å²) in [6.07, 6.45) is 0.218. The molecule has 1 fully saturated rings. The number of thioether (sulfide) groups is 1. The number of halogens is 1. The Kier molecular flexibility index (Phi) is 3.20. The topological polar surface area (TPSA) is 72.2 Å². The van der Waals surface area contributed by atoms with Crippen LogP contribution in [-0.2, 0) is 9.59 Å². The fraction of sp³-hybridized carbons (Fsp3) is 0.200. The smallest absolute Gasteiger partial charge is 0.240 e. The summed E-state index contributed by atoms with van der Waals surface area (Å²) in [7, 11) is 0. The molecular weight excluding hydrogens is 292 g/mol. The summed E-state index contributed by atoms with van der Waals surface area (Å²) in [5.41, 5.74) is 6.40. The Morgan fingerprint density at radius 3 is 2.81 bits per heavy atom. The fourth-order valence-electron chi connectivity index (χ4n) is 1.39. The molecule has 6 heteroatoms. The first-order valence-corrected chi connectivity index (χ1v) is 6.29. The van der Waals surface area contributed by atoms with Gasteiger partial charge in [-0.05, 0) is 18.2 Å². The van der Waals surface area contributed by atoms with Crippen molar-refractivity contribution < 1.29 is 9.59 Å². The van der Waals surface area contributed by atoms with Crippen LogP contribution in [0.5, 0.6) is 0 Å². The molecule has 4 nitrogen and oxygen atoms in total. The molecule has 2 amide bonds. The van der Waals surface area contributed by atoms with Crippen LogP contribution in [0.3, 0.4) is 0 Å². The summed E-state index contributed by atoms with van der Waals surface area (Å²) < 4.78 is 0.897. The molecule has 3 N–H and O–H groups in total. The lowest BCUT2D eigenvalue weighted by atomic mass is 10.3. The molecule has 1 atom stereocenters. The predicted molar refractivity (Wildman–Crippen MR) is 66.0 cm³/mol. The molecule has 2 rings (SSSR count). The van der Waals surface area contributed by atoms with Gasteiger partial charge >= 0.3 is 0 Å². The van der Waals surface area contributed by atoms with Crippen molar-refractivity contribution >= 4 is 45.2 Å². The number of imide groups is 1. The van der Waals surface area contributed by atoms with Crippen LogP contribution in [0, 0.1) is 0 Å². The van der Waals surface area contributed by atoms with Gasteiger partial charge in [0, 0.05) is 21.5 Å². The van der Waals surface area contributed by atoms with Crippen molar-refractivity contribution in [1.82, 2.24) is 5.32 Å². The van der Waals surface area contributed by atoms with Gasteiger partial charge in [-0.15, -0.1) is 11.8 Å². The predicted octanol–water partition coefficient (Wildman–Crippen LogP) is 1.54. The van der Waals surface area contributed by atoms with Crippen molar-refractivity contribution in [3.63, 3.8) is 0 Å². The second-order valence-electron chi connectivity index (χ2n) is 3.41. The molecular formula is C10H9BrN2O2S. The van der Waals surface area contributed by atoms with Gasteiger partial charge in [0.1, 0.15) is 0 Å². The van der Waals surface area contributed by atoms with E-state index in [4.69, 9.17) is 5.73 Å². The highest BCUT2D eigenvalue weighted by molar-refractivity contribution is 9.10. The average Bonchev–Trinajstić information content (AvgIpc) is 2.51. The lowest BCUT2D eigenvalue weighted by molar-refractivity contribution is -0.124. The second-order valence-corrected chi connectivity index (χ2v) is 5.57. The lowest BCUT2D eigenvalue weighted by Gasteiger charge is -2.08. The van der Waals surface area contributed by atoms with E-state index in [0.29, 0.717) is 5.69 Å². The number of anilines is 1. The third kappa shape index (κ3) is 2.38. The van der Waals surface area contributed by atoms with E-state index in [-0.39, 0.29) is 23.5 Å². The van der Waals surface area contributed by atoms with Crippen molar-refractivity contribution in [3.8, 4) is 0 Å². The molecule has 1 unspecified atom stereocenters. The van der Waals surface area contributed by atoms with Crippen molar-refractivity contribution in [3.05, 3.63) is 22.7 Å². The van der Waals surface area contributed by atoms with E-state index < -0.39 is 0 Å². The van der Waals surface area contributed by atoms with Crippen LogP contribution >= 0.6 is 27.7 Å². The first-order chi connectivity index (χ1) is 7.56. The zero-order valence-electron chi connectivity index (χ0n) is 8.20. The summed E-state index contributed by atoms with van der Waals surface area (Å²) in [6.45, 7) is 0. The van der Waals surface area contributed by atoms with E-state index in [9.17, 15) is 9.59 Å². The molecule has 1 aliphatic heterocycles. The van der Waals surface area contributed by atoms with Gasteiger partial charge in [0.15, 0.2) is 0 Å².